The lowest BCUT2D eigenvalue weighted by atomic mass is 9.94. The van der Waals surface area contributed by atoms with Crippen LogP contribution in [0.2, 0.25) is 0 Å². The molecule has 2 N–H and O–H groups in total. The summed E-state index contributed by atoms with van der Waals surface area (Å²) in [5, 5.41) is 0. The van der Waals surface area contributed by atoms with E-state index in [0.29, 0.717) is 5.54 Å². The second kappa shape index (κ2) is 6.49. The van der Waals surface area contributed by atoms with Crippen molar-refractivity contribution in [1.29, 1.82) is 0 Å². The standard InChI is InChI=1S/C13H28N2/c1-3-5-8-11-15(4-2)13(12-14)9-6-7-10-13/h3-12,14H2,1-2H3. The SMILES string of the molecule is CCCCCN(CC)C1(CN)CCCC1. The highest BCUT2D eigenvalue weighted by Crippen LogP contribution is 2.34. The van der Waals surface area contributed by atoms with Crippen LogP contribution in [0.4, 0.5) is 0 Å². The Bertz CT molecular complexity index is 162. The van der Waals surface area contributed by atoms with Crippen LogP contribution in [0, 0.1) is 0 Å². The molecule has 1 saturated carbocycles. The molecular weight excluding hydrogens is 184 g/mol. The van der Waals surface area contributed by atoms with Crippen molar-refractivity contribution in [3.8, 4) is 0 Å². The van der Waals surface area contributed by atoms with Gasteiger partial charge in [-0.3, -0.25) is 4.90 Å². The summed E-state index contributed by atoms with van der Waals surface area (Å²) in [6.45, 7) is 7.82. The summed E-state index contributed by atoms with van der Waals surface area (Å²) < 4.78 is 0. The first-order chi connectivity index (χ1) is 7.29. The van der Waals surface area contributed by atoms with Gasteiger partial charge in [0.05, 0.1) is 0 Å². The van der Waals surface area contributed by atoms with Gasteiger partial charge in [0.15, 0.2) is 0 Å². The maximum atomic E-state index is 6.01. The third-order valence-electron chi connectivity index (χ3n) is 4.00. The summed E-state index contributed by atoms with van der Waals surface area (Å²) in [4.78, 5) is 2.65. The number of rotatable bonds is 7. The fourth-order valence-corrected chi connectivity index (χ4v) is 2.97. The number of hydrogen-bond acceptors (Lipinski definition) is 2. The van der Waals surface area contributed by atoms with E-state index in [1.165, 1.54) is 58.0 Å². The van der Waals surface area contributed by atoms with E-state index in [1.807, 2.05) is 0 Å². The van der Waals surface area contributed by atoms with Crippen molar-refractivity contribution in [2.24, 2.45) is 5.73 Å². The van der Waals surface area contributed by atoms with Crippen molar-refractivity contribution in [3.05, 3.63) is 0 Å². The first-order valence-corrected chi connectivity index (χ1v) is 6.74. The van der Waals surface area contributed by atoms with Gasteiger partial charge in [-0.2, -0.15) is 0 Å². The minimum absolute atomic E-state index is 0.364. The molecule has 1 aliphatic rings. The van der Waals surface area contributed by atoms with Gasteiger partial charge in [-0.1, -0.05) is 39.5 Å². The van der Waals surface area contributed by atoms with Gasteiger partial charge in [0, 0.05) is 12.1 Å². The van der Waals surface area contributed by atoms with Crippen LogP contribution in [0.3, 0.4) is 0 Å². The van der Waals surface area contributed by atoms with E-state index >= 15 is 0 Å². The van der Waals surface area contributed by atoms with Gasteiger partial charge in [0.2, 0.25) is 0 Å². The summed E-state index contributed by atoms with van der Waals surface area (Å²) in [5.41, 5.74) is 6.37. The normalized spacial score (nSPS) is 20.0. The summed E-state index contributed by atoms with van der Waals surface area (Å²) in [7, 11) is 0. The van der Waals surface area contributed by atoms with E-state index in [0.717, 1.165) is 6.54 Å². The van der Waals surface area contributed by atoms with Crippen molar-refractivity contribution in [1.82, 2.24) is 4.90 Å². The second-order valence-electron chi connectivity index (χ2n) is 4.92. The minimum Gasteiger partial charge on any atom is -0.329 e. The molecule has 0 aromatic carbocycles. The smallest absolute Gasteiger partial charge is 0.0331 e. The monoisotopic (exact) mass is 212 g/mol. The lowest BCUT2D eigenvalue weighted by Gasteiger charge is -2.40. The molecule has 1 fully saturated rings. The van der Waals surface area contributed by atoms with E-state index in [1.54, 1.807) is 0 Å². The molecule has 0 aromatic heterocycles. The zero-order chi connectivity index (χ0) is 11.1. The third kappa shape index (κ3) is 3.18. The fourth-order valence-electron chi connectivity index (χ4n) is 2.97. The average Bonchev–Trinajstić information content (AvgIpc) is 2.74. The van der Waals surface area contributed by atoms with Gasteiger partial charge in [0.25, 0.3) is 0 Å². The molecule has 15 heavy (non-hydrogen) atoms. The molecule has 90 valence electrons. The molecule has 0 aliphatic heterocycles. The molecule has 0 bridgehead atoms. The third-order valence-corrected chi connectivity index (χ3v) is 4.00. The van der Waals surface area contributed by atoms with E-state index < -0.39 is 0 Å². The lowest BCUT2D eigenvalue weighted by Crippen LogP contribution is -2.52. The predicted octanol–water partition coefficient (Wildman–Crippen LogP) is 2.77. The van der Waals surface area contributed by atoms with Gasteiger partial charge in [0.1, 0.15) is 0 Å². The average molecular weight is 212 g/mol. The zero-order valence-corrected chi connectivity index (χ0v) is 10.6. The zero-order valence-electron chi connectivity index (χ0n) is 10.6. The highest BCUT2D eigenvalue weighted by Gasteiger charge is 2.36. The fraction of sp³-hybridized carbons (Fsp3) is 1.00. The quantitative estimate of drug-likeness (QED) is 0.658. The Morgan fingerprint density at radius 3 is 2.27 bits per heavy atom. The van der Waals surface area contributed by atoms with E-state index in [2.05, 4.69) is 18.7 Å². The Balaban J connectivity index is 2.46. The molecule has 1 rings (SSSR count). The molecule has 0 amide bonds. The van der Waals surface area contributed by atoms with Gasteiger partial charge in [-0.05, 0) is 32.4 Å². The number of hydrogen-bond donors (Lipinski definition) is 1. The van der Waals surface area contributed by atoms with Gasteiger partial charge in [-0.25, -0.2) is 0 Å². The van der Waals surface area contributed by atoms with Crippen LogP contribution in [0.5, 0.6) is 0 Å². The van der Waals surface area contributed by atoms with Crippen molar-refractivity contribution in [2.75, 3.05) is 19.6 Å². The van der Waals surface area contributed by atoms with E-state index in [-0.39, 0.29) is 0 Å². The van der Waals surface area contributed by atoms with E-state index in [4.69, 9.17) is 5.73 Å². The predicted molar refractivity (Wildman–Crippen MR) is 67.0 cm³/mol. The summed E-state index contributed by atoms with van der Waals surface area (Å²) in [5.74, 6) is 0. The highest BCUT2D eigenvalue weighted by molar-refractivity contribution is 4.95. The minimum atomic E-state index is 0.364. The topological polar surface area (TPSA) is 29.3 Å². The molecule has 0 radical (unpaired) electrons. The summed E-state index contributed by atoms with van der Waals surface area (Å²) >= 11 is 0. The Morgan fingerprint density at radius 1 is 1.13 bits per heavy atom. The van der Waals surface area contributed by atoms with Crippen LogP contribution < -0.4 is 5.73 Å². The van der Waals surface area contributed by atoms with Crippen LogP contribution in [0.15, 0.2) is 0 Å². The van der Waals surface area contributed by atoms with Crippen molar-refractivity contribution in [3.63, 3.8) is 0 Å². The number of nitrogens with two attached hydrogens (primary N) is 1. The van der Waals surface area contributed by atoms with E-state index in [9.17, 15) is 0 Å². The van der Waals surface area contributed by atoms with Crippen LogP contribution in [-0.2, 0) is 0 Å². The molecule has 0 atom stereocenters. The summed E-state index contributed by atoms with van der Waals surface area (Å²) in [6.07, 6.45) is 9.41. The van der Waals surface area contributed by atoms with Gasteiger partial charge in [-0.15, -0.1) is 0 Å². The Labute approximate surface area is 95.2 Å². The maximum absolute atomic E-state index is 6.01. The Kier molecular flexibility index (Phi) is 5.62. The molecule has 1 aliphatic carbocycles. The lowest BCUT2D eigenvalue weighted by molar-refractivity contribution is 0.103. The first-order valence-electron chi connectivity index (χ1n) is 6.74. The Hall–Kier alpha value is -0.0800. The molecule has 0 unspecified atom stereocenters. The molecule has 0 heterocycles. The molecule has 2 heteroatoms. The molecule has 0 spiro atoms. The maximum Gasteiger partial charge on any atom is 0.0331 e. The molecule has 0 aromatic rings. The van der Waals surface area contributed by atoms with Gasteiger partial charge >= 0.3 is 0 Å². The van der Waals surface area contributed by atoms with Crippen molar-refractivity contribution in [2.45, 2.75) is 64.3 Å². The van der Waals surface area contributed by atoms with Crippen molar-refractivity contribution < 1.29 is 0 Å². The number of nitrogens with zero attached hydrogens (tertiary/aromatic N) is 1. The highest BCUT2D eigenvalue weighted by atomic mass is 15.2. The van der Waals surface area contributed by atoms with Crippen molar-refractivity contribution >= 4 is 0 Å². The second-order valence-corrected chi connectivity index (χ2v) is 4.92. The Morgan fingerprint density at radius 2 is 1.80 bits per heavy atom. The van der Waals surface area contributed by atoms with Gasteiger partial charge < -0.3 is 5.73 Å². The molecule has 0 saturated heterocycles. The van der Waals surface area contributed by atoms with Crippen LogP contribution in [0.25, 0.3) is 0 Å². The van der Waals surface area contributed by atoms with Crippen LogP contribution in [-0.4, -0.2) is 30.1 Å². The number of unbranched alkanes of at least 4 members (excludes halogenated alkanes) is 2. The molecule has 2 nitrogen and oxygen atoms in total. The van der Waals surface area contributed by atoms with Crippen LogP contribution >= 0.6 is 0 Å². The first kappa shape index (κ1) is 13.0. The largest absolute Gasteiger partial charge is 0.329 e. The molecular formula is C13H28N2. The summed E-state index contributed by atoms with van der Waals surface area (Å²) in [6, 6.07) is 0. The number of likely N-dealkylation sites (N-methyl/N-ethyl adjacent to an activating group) is 1. The van der Waals surface area contributed by atoms with Crippen LogP contribution in [0.1, 0.15) is 58.8 Å².